The third kappa shape index (κ3) is 3.63. The first kappa shape index (κ1) is 16.1. The summed E-state index contributed by atoms with van der Waals surface area (Å²) >= 11 is 1.42. The van der Waals surface area contributed by atoms with Gasteiger partial charge in [-0.2, -0.15) is 0 Å². The Morgan fingerprint density at radius 2 is 1.96 bits per heavy atom. The van der Waals surface area contributed by atoms with Gasteiger partial charge in [0.2, 0.25) is 11.8 Å². The Morgan fingerprint density at radius 3 is 2.75 bits per heavy atom. The molecule has 2 amide bonds. The van der Waals surface area contributed by atoms with Crippen LogP contribution in [0.4, 0.5) is 5.13 Å². The van der Waals surface area contributed by atoms with Crippen LogP contribution >= 0.6 is 11.3 Å². The van der Waals surface area contributed by atoms with Crippen LogP contribution in [0.3, 0.4) is 0 Å². The Balaban J connectivity index is 1.31. The van der Waals surface area contributed by atoms with Crippen LogP contribution in [0.2, 0.25) is 0 Å². The van der Waals surface area contributed by atoms with Gasteiger partial charge in [0.05, 0.1) is 12.1 Å². The predicted molar refractivity (Wildman–Crippen MR) is 93.8 cm³/mol. The first-order chi connectivity index (χ1) is 11.7. The maximum Gasteiger partial charge on any atom is 0.229 e. The van der Waals surface area contributed by atoms with Gasteiger partial charge in [-0.25, -0.2) is 4.98 Å². The average molecular weight is 347 g/mol. The van der Waals surface area contributed by atoms with Crippen LogP contribution in [0, 0.1) is 17.8 Å². The summed E-state index contributed by atoms with van der Waals surface area (Å²) in [5.41, 5.74) is 0.780. The molecule has 5 nitrogen and oxygen atoms in total. The minimum atomic E-state index is 0.0709. The molecule has 2 saturated carbocycles. The second-order valence-corrected chi connectivity index (χ2v) is 8.38. The molecule has 0 bridgehead atoms. The van der Waals surface area contributed by atoms with Crippen LogP contribution < -0.4 is 5.32 Å². The number of likely N-dealkylation sites (tertiary alicyclic amines) is 1. The zero-order valence-electron chi connectivity index (χ0n) is 14.0. The van der Waals surface area contributed by atoms with E-state index in [0.717, 1.165) is 44.0 Å². The number of hydrogen-bond acceptors (Lipinski definition) is 4. The highest BCUT2D eigenvalue weighted by molar-refractivity contribution is 7.13. The van der Waals surface area contributed by atoms with E-state index < -0.39 is 0 Å². The van der Waals surface area contributed by atoms with E-state index in [2.05, 4.69) is 10.3 Å². The van der Waals surface area contributed by atoms with Crippen LogP contribution in [0.1, 0.15) is 50.6 Å². The maximum atomic E-state index is 12.6. The van der Waals surface area contributed by atoms with Gasteiger partial charge in [-0.05, 0) is 37.5 Å². The summed E-state index contributed by atoms with van der Waals surface area (Å²) in [7, 11) is 0. The Hall–Kier alpha value is -1.43. The lowest BCUT2D eigenvalue weighted by molar-refractivity contribution is -0.133. The largest absolute Gasteiger partial charge is 0.342 e. The summed E-state index contributed by atoms with van der Waals surface area (Å²) in [5.74, 6) is 1.98. The van der Waals surface area contributed by atoms with Crippen LogP contribution in [0.25, 0.3) is 0 Å². The van der Waals surface area contributed by atoms with Crippen LogP contribution in [-0.2, 0) is 16.0 Å². The molecule has 1 aliphatic heterocycles. The number of hydrogen-bond donors (Lipinski definition) is 1. The van der Waals surface area contributed by atoms with Crippen molar-refractivity contribution in [3.05, 3.63) is 11.1 Å². The molecule has 4 rings (SSSR count). The standard InChI is InChI=1S/C18H25N3O2S/c22-16(21-8-7-12-3-1-2-4-14(12)10-21)9-15-11-24-18(19-15)20-17(23)13-5-6-13/h11-14H,1-10H2,(H,19,20,23)/t12-,14-/m1/s1. The van der Waals surface area contributed by atoms with Gasteiger partial charge in [0.25, 0.3) is 0 Å². The van der Waals surface area contributed by atoms with Crippen molar-refractivity contribution >= 4 is 28.3 Å². The Labute approximate surface area is 146 Å². The number of thiazole rings is 1. The monoisotopic (exact) mass is 347 g/mol. The van der Waals surface area contributed by atoms with Gasteiger partial charge in [-0.15, -0.1) is 11.3 Å². The molecule has 0 aromatic carbocycles. The summed E-state index contributed by atoms with van der Waals surface area (Å²) < 4.78 is 0. The molecule has 1 N–H and O–H groups in total. The van der Waals surface area contributed by atoms with Crippen LogP contribution in [0.15, 0.2) is 5.38 Å². The topological polar surface area (TPSA) is 62.3 Å². The molecule has 130 valence electrons. The van der Waals surface area contributed by atoms with Crippen molar-refractivity contribution in [1.82, 2.24) is 9.88 Å². The summed E-state index contributed by atoms with van der Waals surface area (Å²) in [6.45, 7) is 1.83. The van der Waals surface area contributed by atoms with Gasteiger partial charge >= 0.3 is 0 Å². The molecule has 0 radical (unpaired) electrons. The number of carbonyl (C=O) groups excluding carboxylic acids is 2. The molecule has 3 fully saturated rings. The number of piperidine rings is 1. The SMILES string of the molecule is O=C(Nc1nc(CC(=O)N2CC[C@H]3CCCC[C@@H]3C2)cs1)C1CC1. The Bertz CT molecular complexity index is 626. The first-order valence-corrected chi connectivity index (χ1v) is 10.1. The molecule has 2 aliphatic carbocycles. The number of carbonyl (C=O) groups is 2. The van der Waals surface area contributed by atoms with Gasteiger partial charge in [-0.1, -0.05) is 19.3 Å². The van der Waals surface area contributed by atoms with Gasteiger partial charge in [0, 0.05) is 24.4 Å². The lowest BCUT2D eigenvalue weighted by Crippen LogP contribution is -2.45. The lowest BCUT2D eigenvalue weighted by Gasteiger charge is -2.41. The molecule has 0 spiro atoms. The van der Waals surface area contributed by atoms with E-state index in [-0.39, 0.29) is 17.7 Å². The van der Waals surface area contributed by atoms with Crippen molar-refractivity contribution in [3.63, 3.8) is 0 Å². The number of rotatable bonds is 4. The Kier molecular flexibility index (Phi) is 4.57. The first-order valence-electron chi connectivity index (χ1n) is 9.22. The number of aromatic nitrogens is 1. The number of anilines is 1. The minimum absolute atomic E-state index is 0.0709. The molecule has 1 aromatic heterocycles. The van der Waals surface area contributed by atoms with Crippen LogP contribution in [0.5, 0.6) is 0 Å². The van der Waals surface area contributed by atoms with Crippen molar-refractivity contribution in [2.45, 2.75) is 51.4 Å². The summed E-state index contributed by atoms with van der Waals surface area (Å²) in [4.78, 5) is 30.8. The zero-order valence-corrected chi connectivity index (χ0v) is 14.8. The summed E-state index contributed by atoms with van der Waals surface area (Å²) in [6, 6.07) is 0. The van der Waals surface area contributed by atoms with E-state index in [9.17, 15) is 9.59 Å². The summed E-state index contributed by atoms with van der Waals surface area (Å²) in [6.07, 6.45) is 8.80. The summed E-state index contributed by atoms with van der Waals surface area (Å²) in [5, 5.41) is 5.38. The van der Waals surface area contributed by atoms with Gasteiger partial charge in [0.1, 0.15) is 0 Å². The molecule has 24 heavy (non-hydrogen) atoms. The van der Waals surface area contributed by atoms with E-state index in [1.165, 1.54) is 37.0 Å². The van der Waals surface area contributed by atoms with Crippen LogP contribution in [-0.4, -0.2) is 34.8 Å². The molecular weight excluding hydrogens is 322 g/mol. The quantitative estimate of drug-likeness (QED) is 0.910. The third-order valence-corrected chi connectivity index (χ3v) is 6.51. The predicted octanol–water partition coefficient (Wildman–Crippen LogP) is 3.07. The van der Waals surface area contributed by atoms with E-state index in [4.69, 9.17) is 0 Å². The normalized spacial score (nSPS) is 26.8. The second kappa shape index (κ2) is 6.82. The second-order valence-electron chi connectivity index (χ2n) is 7.52. The van der Waals surface area contributed by atoms with Crippen molar-refractivity contribution in [3.8, 4) is 0 Å². The number of nitrogens with zero attached hydrogens (tertiary/aromatic N) is 2. The maximum absolute atomic E-state index is 12.6. The smallest absolute Gasteiger partial charge is 0.229 e. The van der Waals surface area contributed by atoms with E-state index in [0.29, 0.717) is 17.5 Å². The van der Waals surface area contributed by atoms with E-state index >= 15 is 0 Å². The fourth-order valence-corrected chi connectivity index (χ4v) is 4.81. The van der Waals surface area contributed by atoms with Gasteiger partial charge < -0.3 is 10.2 Å². The van der Waals surface area contributed by atoms with Crippen molar-refractivity contribution in [1.29, 1.82) is 0 Å². The minimum Gasteiger partial charge on any atom is -0.342 e. The molecule has 3 aliphatic rings. The number of nitrogens with one attached hydrogen (secondary N) is 1. The third-order valence-electron chi connectivity index (χ3n) is 5.71. The van der Waals surface area contributed by atoms with Gasteiger partial charge in [0.15, 0.2) is 5.13 Å². The fourth-order valence-electron chi connectivity index (χ4n) is 4.09. The lowest BCUT2D eigenvalue weighted by atomic mass is 9.75. The highest BCUT2D eigenvalue weighted by Crippen LogP contribution is 2.36. The van der Waals surface area contributed by atoms with Crippen molar-refractivity contribution in [2.24, 2.45) is 17.8 Å². The highest BCUT2D eigenvalue weighted by Gasteiger charge is 2.33. The molecule has 2 heterocycles. The fraction of sp³-hybridized carbons (Fsp3) is 0.722. The zero-order chi connectivity index (χ0) is 16.5. The van der Waals surface area contributed by atoms with Crippen molar-refractivity contribution < 1.29 is 9.59 Å². The Morgan fingerprint density at radius 1 is 1.17 bits per heavy atom. The average Bonchev–Trinajstić information content (AvgIpc) is 3.37. The number of amides is 2. The molecule has 2 atom stereocenters. The van der Waals surface area contributed by atoms with E-state index in [1.807, 2.05) is 10.3 Å². The molecular formula is C18H25N3O2S. The number of fused-ring (bicyclic) bond motifs is 1. The molecule has 1 saturated heterocycles. The van der Waals surface area contributed by atoms with Crippen molar-refractivity contribution in [2.75, 3.05) is 18.4 Å². The molecule has 0 unspecified atom stereocenters. The van der Waals surface area contributed by atoms with E-state index in [1.54, 1.807) is 0 Å². The highest BCUT2D eigenvalue weighted by atomic mass is 32.1. The molecule has 6 heteroatoms. The molecule has 1 aromatic rings. The van der Waals surface area contributed by atoms with Gasteiger partial charge in [-0.3, -0.25) is 9.59 Å².